The molecular weight excluding hydrogens is 258 g/mol. The molecule has 1 aromatic rings. The van der Waals surface area contributed by atoms with Gasteiger partial charge in [-0.25, -0.2) is 0 Å². The van der Waals surface area contributed by atoms with Gasteiger partial charge in [0.1, 0.15) is 6.61 Å². The van der Waals surface area contributed by atoms with E-state index in [1.54, 1.807) is 31.3 Å². The zero-order valence-corrected chi connectivity index (χ0v) is 11.7. The molecule has 5 heteroatoms. The summed E-state index contributed by atoms with van der Waals surface area (Å²) in [7, 11) is 3.11. The van der Waals surface area contributed by atoms with Crippen LogP contribution in [0.1, 0.15) is 15.9 Å². The van der Waals surface area contributed by atoms with E-state index in [4.69, 9.17) is 9.84 Å². The number of ether oxygens (including phenoxy) is 1. The van der Waals surface area contributed by atoms with E-state index in [0.29, 0.717) is 11.1 Å². The molecule has 5 nitrogen and oxygen atoms in total. The van der Waals surface area contributed by atoms with Gasteiger partial charge in [-0.15, -0.1) is 0 Å². The number of carbonyl (C=O) groups excluding carboxylic acids is 1. The zero-order chi connectivity index (χ0) is 15.0. The fraction of sp³-hybridized carbons (Fsp3) is 0.400. The van der Waals surface area contributed by atoms with Crippen molar-refractivity contribution in [3.63, 3.8) is 0 Å². The number of hydrogen-bond donors (Lipinski definition) is 2. The van der Waals surface area contributed by atoms with E-state index in [9.17, 15) is 9.90 Å². The minimum Gasteiger partial charge on any atom is -0.389 e. The topological polar surface area (TPSA) is 70.0 Å². The van der Waals surface area contributed by atoms with Gasteiger partial charge in [0.05, 0.1) is 12.7 Å². The fourth-order valence-electron chi connectivity index (χ4n) is 1.74. The maximum Gasteiger partial charge on any atom is 0.253 e. The molecule has 1 unspecified atom stereocenters. The minimum atomic E-state index is -0.716. The first-order chi connectivity index (χ1) is 9.58. The fourth-order valence-corrected chi connectivity index (χ4v) is 1.74. The summed E-state index contributed by atoms with van der Waals surface area (Å²) in [6.07, 6.45) is -0.716. The summed E-state index contributed by atoms with van der Waals surface area (Å²) in [4.78, 5) is 13.6. The Labute approximate surface area is 118 Å². The average molecular weight is 277 g/mol. The highest BCUT2D eigenvalue weighted by Gasteiger charge is 2.15. The predicted molar refractivity (Wildman–Crippen MR) is 75.2 cm³/mol. The van der Waals surface area contributed by atoms with Crippen LogP contribution in [0.3, 0.4) is 0 Å². The first-order valence-corrected chi connectivity index (χ1v) is 6.20. The highest BCUT2D eigenvalue weighted by molar-refractivity contribution is 5.94. The molecule has 0 fully saturated rings. The van der Waals surface area contributed by atoms with Crippen LogP contribution in [0.2, 0.25) is 0 Å². The number of aliphatic hydroxyl groups is 2. The van der Waals surface area contributed by atoms with E-state index < -0.39 is 6.10 Å². The monoisotopic (exact) mass is 277 g/mol. The lowest BCUT2D eigenvalue weighted by atomic mass is 10.1. The molecule has 1 atom stereocenters. The quantitative estimate of drug-likeness (QED) is 0.750. The van der Waals surface area contributed by atoms with Crippen LogP contribution in [0.4, 0.5) is 0 Å². The lowest BCUT2D eigenvalue weighted by Crippen LogP contribution is -2.36. The second-order valence-corrected chi connectivity index (χ2v) is 4.34. The van der Waals surface area contributed by atoms with Gasteiger partial charge in [0.15, 0.2) is 0 Å². The lowest BCUT2D eigenvalue weighted by Gasteiger charge is -2.20. The van der Waals surface area contributed by atoms with Crippen molar-refractivity contribution < 1.29 is 19.7 Å². The maximum absolute atomic E-state index is 12.2. The highest BCUT2D eigenvalue weighted by atomic mass is 16.5. The third-order valence-electron chi connectivity index (χ3n) is 2.61. The van der Waals surface area contributed by atoms with Crippen LogP contribution in [0.5, 0.6) is 0 Å². The summed E-state index contributed by atoms with van der Waals surface area (Å²) in [6.45, 7) is 0.153. The van der Waals surface area contributed by atoms with E-state index in [1.807, 2.05) is 0 Å². The van der Waals surface area contributed by atoms with Crippen molar-refractivity contribution in [2.75, 3.05) is 33.9 Å². The molecule has 0 aliphatic rings. The SMILES string of the molecule is COCC(O)CN(C)C(=O)c1cccc(C#CCO)c1. The van der Waals surface area contributed by atoms with Crippen molar-refractivity contribution in [3.8, 4) is 11.8 Å². The number of amides is 1. The largest absolute Gasteiger partial charge is 0.389 e. The van der Waals surface area contributed by atoms with Gasteiger partial charge in [-0.2, -0.15) is 0 Å². The first-order valence-electron chi connectivity index (χ1n) is 6.20. The Balaban J connectivity index is 2.76. The van der Waals surface area contributed by atoms with Crippen LogP contribution >= 0.6 is 0 Å². The average Bonchev–Trinajstić information content (AvgIpc) is 2.44. The molecule has 1 rings (SSSR count). The number of nitrogens with zero attached hydrogens (tertiary/aromatic N) is 1. The molecule has 0 radical (unpaired) electrons. The molecule has 1 aromatic carbocycles. The molecule has 0 bridgehead atoms. The molecule has 0 heterocycles. The first kappa shape index (κ1) is 16.2. The van der Waals surface area contributed by atoms with Crippen molar-refractivity contribution in [2.45, 2.75) is 6.10 Å². The Bertz CT molecular complexity index is 504. The number of likely N-dealkylation sites (N-methyl/N-ethyl adjacent to an activating group) is 1. The summed E-state index contributed by atoms with van der Waals surface area (Å²) in [5.74, 6) is 5.08. The summed E-state index contributed by atoms with van der Waals surface area (Å²) < 4.78 is 4.82. The van der Waals surface area contributed by atoms with Gasteiger partial charge in [0.2, 0.25) is 0 Å². The number of hydrogen-bond acceptors (Lipinski definition) is 4. The van der Waals surface area contributed by atoms with Crippen LogP contribution in [0.15, 0.2) is 24.3 Å². The summed E-state index contributed by atoms with van der Waals surface area (Å²) in [5.41, 5.74) is 1.15. The van der Waals surface area contributed by atoms with Crippen molar-refractivity contribution in [2.24, 2.45) is 0 Å². The van der Waals surface area contributed by atoms with Crippen LogP contribution in [0.25, 0.3) is 0 Å². The Kier molecular flexibility index (Phi) is 6.74. The molecule has 0 aromatic heterocycles. The Morgan fingerprint density at radius 1 is 1.50 bits per heavy atom. The molecule has 0 saturated heterocycles. The number of carbonyl (C=O) groups is 1. The normalized spacial score (nSPS) is 11.4. The Morgan fingerprint density at radius 3 is 2.90 bits per heavy atom. The summed E-state index contributed by atoms with van der Waals surface area (Å²) in [6, 6.07) is 6.84. The van der Waals surface area contributed by atoms with E-state index >= 15 is 0 Å². The van der Waals surface area contributed by atoms with Gasteiger partial charge in [0.25, 0.3) is 5.91 Å². The molecule has 0 aliphatic heterocycles. The third kappa shape index (κ3) is 5.02. The van der Waals surface area contributed by atoms with Crippen LogP contribution < -0.4 is 0 Å². The smallest absolute Gasteiger partial charge is 0.253 e. The van der Waals surface area contributed by atoms with E-state index in [-0.39, 0.29) is 25.7 Å². The minimum absolute atomic E-state index is 0.180. The molecular formula is C15H19NO4. The summed E-state index contributed by atoms with van der Waals surface area (Å²) in [5, 5.41) is 18.3. The highest BCUT2D eigenvalue weighted by Crippen LogP contribution is 2.07. The van der Waals surface area contributed by atoms with Crippen molar-refractivity contribution in [1.29, 1.82) is 0 Å². The summed E-state index contributed by atoms with van der Waals surface area (Å²) >= 11 is 0. The van der Waals surface area contributed by atoms with Gasteiger partial charge in [-0.05, 0) is 18.2 Å². The zero-order valence-electron chi connectivity index (χ0n) is 11.7. The van der Waals surface area contributed by atoms with Gasteiger partial charge in [-0.3, -0.25) is 4.79 Å². The van der Waals surface area contributed by atoms with Crippen molar-refractivity contribution in [3.05, 3.63) is 35.4 Å². The number of rotatable bonds is 5. The molecule has 1 amide bonds. The van der Waals surface area contributed by atoms with E-state index in [0.717, 1.165) is 0 Å². The van der Waals surface area contributed by atoms with Gasteiger partial charge in [0, 0.05) is 31.8 Å². The standard InChI is InChI=1S/C15H19NO4/c1-16(10-14(18)11-20-2)15(19)13-7-3-5-12(9-13)6-4-8-17/h3,5,7,9,14,17-18H,8,10-11H2,1-2H3. The lowest BCUT2D eigenvalue weighted by molar-refractivity contribution is 0.0380. The van der Waals surface area contributed by atoms with E-state index in [2.05, 4.69) is 11.8 Å². The van der Waals surface area contributed by atoms with Gasteiger partial charge in [-0.1, -0.05) is 17.9 Å². The molecule has 0 aliphatic carbocycles. The predicted octanol–water partition coefficient (Wildman–Crippen LogP) is 0.110. The molecule has 2 N–H and O–H groups in total. The second kappa shape index (κ2) is 8.33. The molecule has 0 spiro atoms. The van der Waals surface area contributed by atoms with E-state index in [1.165, 1.54) is 12.0 Å². The number of methoxy groups -OCH3 is 1. The van der Waals surface area contributed by atoms with Crippen LogP contribution in [-0.4, -0.2) is 61.0 Å². The number of benzene rings is 1. The third-order valence-corrected chi connectivity index (χ3v) is 2.61. The number of aliphatic hydroxyl groups excluding tert-OH is 2. The molecule has 108 valence electrons. The molecule has 20 heavy (non-hydrogen) atoms. The Morgan fingerprint density at radius 2 is 2.25 bits per heavy atom. The maximum atomic E-state index is 12.2. The second-order valence-electron chi connectivity index (χ2n) is 4.34. The van der Waals surface area contributed by atoms with Crippen LogP contribution in [0, 0.1) is 11.8 Å². The Hall–Kier alpha value is -1.87. The molecule has 0 saturated carbocycles. The van der Waals surface area contributed by atoms with Gasteiger partial charge < -0.3 is 19.8 Å². The van der Waals surface area contributed by atoms with Crippen LogP contribution in [-0.2, 0) is 4.74 Å². The van der Waals surface area contributed by atoms with Crippen molar-refractivity contribution >= 4 is 5.91 Å². The van der Waals surface area contributed by atoms with Gasteiger partial charge >= 0.3 is 0 Å². The van der Waals surface area contributed by atoms with Crippen molar-refractivity contribution in [1.82, 2.24) is 4.90 Å².